The Morgan fingerprint density at radius 2 is 2.09 bits per heavy atom. The van der Waals surface area contributed by atoms with E-state index in [4.69, 9.17) is 4.74 Å². The summed E-state index contributed by atoms with van der Waals surface area (Å²) in [5, 5.41) is 6.01. The van der Waals surface area contributed by atoms with Gasteiger partial charge in [-0.2, -0.15) is 0 Å². The van der Waals surface area contributed by atoms with Gasteiger partial charge >= 0.3 is 0 Å². The molecule has 0 radical (unpaired) electrons. The number of ether oxygens (including phenoxy) is 1. The van der Waals surface area contributed by atoms with E-state index in [-0.39, 0.29) is 11.9 Å². The molecular formula is C18H20N2O2S. The third-order valence-electron chi connectivity index (χ3n) is 4.63. The summed E-state index contributed by atoms with van der Waals surface area (Å²) in [6.07, 6.45) is 2.39. The largest absolute Gasteiger partial charge is 0.447 e. The Morgan fingerprint density at radius 1 is 1.22 bits per heavy atom. The third kappa shape index (κ3) is 3.41. The molecule has 2 aliphatic rings. The molecule has 2 bridgehead atoms. The van der Waals surface area contributed by atoms with E-state index in [1.165, 1.54) is 19.5 Å². The van der Waals surface area contributed by atoms with Crippen molar-refractivity contribution < 1.29 is 9.53 Å². The van der Waals surface area contributed by atoms with Crippen molar-refractivity contribution in [2.24, 2.45) is 5.92 Å². The number of amides is 1. The van der Waals surface area contributed by atoms with E-state index >= 15 is 0 Å². The van der Waals surface area contributed by atoms with Crippen LogP contribution in [0.15, 0.2) is 41.8 Å². The van der Waals surface area contributed by atoms with Gasteiger partial charge in [-0.25, -0.2) is 0 Å². The first-order valence-corrected chi connectivity index (χ1v) is 8.99. The Morgan fingerprint density at radius 3 is 2.83 bits per heavy atom. The van der Waals surface area contributed by atoms with Crippen LogP contribution in [0.5, 0.6) is 10.8 Å². The summed E-state index contributed by atoms with van der Waals surface area (Å²) < 4.78 is 5.72. The SMILES string of the molecule is O=C(NC1CC2CCN(C2)C1)c1ccc(Oc2cccs2)cc1. The van der Waals surface area contributed by atoms with Crippen LogP contribution in [0, 0.1) is 5.92 Å². The van der Waals surface area contributed by atoms with Gasteiger partial charge in [0, 0.05) is 24.7 Å². The van der Waals surface area contributed by atoms with Crippen LogP contribution < -0.4 is 10.1 Å². The molecule has 2 saturated heterocycles. The summed E-state index contributed by atoms with van der Waals surface area (Å²) in [6.45, 7) is 3.38. The average Bonchev–Trinajstić information content (AvgIpc) is 3.18. The summed E-state index contributed by atoms with van der Waals surface area (Å²) in [6, 6.07) is 11.5. The van der Waals surface area contributed by atoms with E-state index in [1.54, 1.807) is 11.3 Å². The van der Waals surface area contributed by atoms with Crippen LogP contribution in [0.3, 0.4) is 0 Å². The number of benzene rings is 1. The third-order valence-corrected chi connectivity index (χ3v) is 5.38. The van der Waals surface area contributed by atoms with Gasteiger partial charge in [-0.15, -0.1) is 11.3 Å². The highest BCUT2D eigenvalue weighted by molar-refractivity contribution is 7.11. The van der Waals surface area contributed by atoms with Gasteiger partial charge in [0.15, 0.2) is 5.06 Å². The van der Waals surface area contributed by atoms with Gasteiger partial charge < -0.3 is 15.0 Å². The van der Waals surface area contributed by atoms with Crippen molar-refractivity contribution in [1.29, 1.82) is 0 Å². The molecule has 23 heavy (non-hydrogen) atoms. The maximum Gasteiger partial charge on any atom is 0.251 e. The zero-order chi connectivity index (χ0) is 15.6. The lowest BCUT2D eigenvalue weighted by Gasteiger charge is -2.30. The highest BCUT2D eigenvalue weighted by Crippen LogP contribution is 2.28. The summed E-state index contributed by atoms with van der Waals surface area (Å²) >= 11 is 1.55. The summed E-state index contributed by atoms with van der Waals surface area (Å²) in [4.78, 5) is 14.9. The lowest BCUT2D eigenvalue weighted by atomic mass is 9.96. The number of nitrogens with one attached hydrogen (secondary N) is 1. The molecule has 3 heterocycles. The normalized spacial score (nSPS) is 26.0. The summed E-state index contributed by atoms with van der Waals surface area (Å²) in [7, 11) is 0. The number of nitrogens with zero attached hydrogens (tertiary/aromatic N) is 1. The zero-order valence-corrected chi connectivity index (χ0v) is 13.7. The predicted octanol–water partition coefficient (Wildman–Crippen LogP) is 3.36. The molecule has 5 heteroatoms. The molecule has 2 aromatic rings. The van der Waals surface area contributed by atoms with E-state index in [9.17, 15) is 4.79 Å². The van der Waals surface area contributed by atoms with Crippen LogP contribution in [-0.2, 0) is 0 Å². The zero-order valence-electron chi connectivity index (χ0n) is 12.9. The molecular weight excluding hydrogens is 308 g/mol. The predicted molar refractivity (Wildman–Crippen MR) is 91.3 cm³/mol. The lowest BCUT2D eigenvalue weighted by Crippen LogP contribution is -2.46. The van der Waals surface area contributed by atoms with Crippen molar-refractivity contribution in [1.82, 2.24) is 10.2 Å². The number of carbonyl (C=O) groups is 1. The Bertz CT molecular complexity index is 657. The van der Waals surface area contributed by atoms with Crippen LogP contribution in [0.25, 0.3) is 0 Å². The Hall–Kier alpha value is -1.85. The molecule has 3 unspecified atom stereocenters. The molecule has 1 amide bonds. The number of piperidine rings is 1. The molecule has 4 nitrogen and oxygen atoms in total. The lowest BCUT2D eigenvalue weighted by molar-refractivity contribution is 0.0909. The molecule has 0 spiro atoms. The quantitative estimate of drug-likeness (QED) is 0.936. The smallest absolute Gasteiger partial charge is 0.251 e. The van der Waals surface area contributed by atoms with Crippen LogP contribution in [0.2, 0.25) is 0 Å². The Balaban J connectivity index is 1.36. The summed E-state index contributed by atoms with van der Waals surface area (Å²) in [5.41, 5.74) is 0.691. The minimum absolute atomic E-state index is 0.0140. The van der Waals surface area contributed by atoms with Crippen molar-refractivity contribution in [3.05, 3.63) is 47.3 Å². The first kappa shape index (κ1) is 14.7. The average molecular weight is 328 g/mol. The van der Waals surface area contributed by atoms with E-state index in [0.29, 0.717) is 5.56 Å². The number of carbonyl (C=O) groups excluding carboxylic acids is 1. The minimum Gasteiger partial charge on any atom is -0.447 e. The van der Waals surface area contributed by atoms with E-state index in [2.05, 4.69) is 10.2 Å². The van der Waals surface area contributed by atoms with Gasteiger partial charge in [0.25, 0.3) is 5.91 Å². The molecule has 2 aliphatic heterocycles. The first-order chi connectivity index (χ1) is 11.3. The second-order valence-corrected chi connectivity index (χ2v) is 7.29. The summed E-state index contributed by atoms with van der Waals surface area (Å²) in [5.74, 6) is 1.53. The van der Waals surface area contributed by atoms with Crippen molar-refractivity contribution in [2.45, 2.75) is 18.9 Å². The molecule has 3 atom stereocenters. The fourth-order valence-electron chi connectivity index (χ4n) is 3.55. The first-order valence-electron chi connectivity index (χ1n) is 8.11. The molecule has 0 saturated carbocycles. The maximum atomic E-state index is 12.4. The van der Waals surface area contributed by atoms with Gasteiger partial charge in [-0.05, 0) is 67.1 Å². The van der Waals surface area contributed by atoms with E-state index < -0.39 is 0 Å². The number of hydrogen-bond donors (Lipinski definition) is 1. The maximum absolute atomic E-state index is 12.4. The highest BCUT2D eigenvalue weighted by Gasteiger charge is 2.32. The van der Waals surface area contributed by atoms with Gasteiger partial charge in [-0.1, -0.05) is 0 Å². The molecule has 1 N–H and O–H groups in total. The van der Waals surface area contributed by atoms with Crippen molar-refractivity contribution in [2.75, 3.05) is 19.6 Å². The number of hydrogen-bond acceptors (Lipinski definition) is 4. The van der Waals surface area contributed by atoms with Gasteiger partial charge in [0.2, 0.25) is 0 Å². The monoisotopic (exact) mass is 328 g/mol. The molecule has 0 aliphatic carbocycles. The molecule has 2 fully saturated rings. The van der Waals surface area contributed by atoms with Gasteiger partial charge in [-0.3, -0.25) is 4.79 Å². The molecule has 1 aromatic carbocycles. The standard InChI is InChI=1S/C18H20N2O2S/c21-18(19-15-10-13-7-8-20(11-13)12-15)14-3-5-16(6-4-14)22-17-2-1-9-23-17/h1-6,9,13,15H,7-8,10-12H2,(H,19,21). The van der Waals surface area contributed by atoms with Crippen LogP contribution in [-0.4, -0.2) is 36.5 Å². The van der Waals surface area contributed by atoms with E-state index in [0.717, 1.165) is 29.7 Å². The Kier molecular flexibility index (Phi) is 4.06. The number of rotatable bonds is 4. The fraction of sp³-hybridized carbons (Fsp3) is 0.389. The highest BCUT2D eigenvalue weighted by atomic mass is 32.1. The van der Waals surface area contributed by atoms with Crippen LogP contribution >= 0.6 is 11.3 Å². The topological polar surface area (TPSA) is 41.6 Å². The minimum atomic E-state index is 0.0140. The van der Waals surface area contributed by atoms with Crippen molar-refractivity contribution >= 4 is 17.2 Å². The number of fused-ring (bicyclic) bond motifs is 2. The Labute approximate surface area is 140 Å². The van der Waals surface area contributed by atoms with E-state index in [1.807, 2.05) is 41.8 Å². The van der Waals surface area contributed by atoms with Crippen molar-refractivity contribution in [3.63, 3.8) is 0 Å². The second-order valence-electron chi connectivity index (χ2n) is 6.38. The van der Waals surface area contributed by atoms with Gasteiger partial charge in [0.05, 0.1) is 0 Å². The fourth-order valence-corrected chi connectivity index (χ4v) is 4.14. The molecule has 120 valence electrons. The van der Waals surface area contributed by atoms with Crippen LogP contribution in [0.1, 0.15) is 23.2 Å². The van der Waals surface area contributed by atoms with Gasteiger partial charge in [0.1, 0.15) is 5.75 Å². The van der Waals surface area contributed by atoms with Crippen LogP contribution in [0.4, 0.5) is 0 Å². The molecule has 1 aromatic heterocycles. The van der Waals surface area contributed by atoms with Crippen molar-refractivity contribution in [3.8, 4) is 10.8 Å². The number of thiophene rings is 1. The second kappa shape index (κ2) is 6.34. The molecule has 4 rings (SSSR count).